The number of oxime groups is 1. The summed E-state index contributed by atoms with van der Waals surface area (Å²) in [7, 11) is 0. The molecule has 0 fully saturated rings. The third-order valence-corrected chi connectivity index (χ3v) is 3.47. The lowest BCUT2D eigenvalue weighted by Crippen LogP contribution is -2.04. The molecule has 0 spiro atoms. The third-order valence-electron chi connectivity index (χ3n) is 3.47. The summed E-state index contributed by atoms with van der Waals surface area (Å²) < 4.78 is 0. The number of nitrogens with zero attached hydrogens (tertiary/aromatic N) is 1. The minimum absolute atomic E-state index is 0.452. The number of fused-ring (bicyclic) bond motifs is 1. The first-order chi connectivity index (χ1) is 10.8. The smallest absolute Gasteiger partial charge is 0.313 e. The van der Waals surface area contributed by atoms with Crippen molar-refractivity contribution in [2.45, 2.75) is 6.92 Å². The molecule has 0 aliphatic rings. The second kappa shape index (κ2) is 6.22. The Balaban J connectivity index is 1.85. The lowest BCUT2D eigenvalue weighted by atomic mass is 10.1. The number of carbonyl (C=O) groups is 1. The van der Waals surface area contributed by atoms with Gasteiger partial charge in [0.15, 0.2) is 0 Å². The highest BCUT2D eigenvalue weighted by atomic mass is 16.7. The van der Waals surface area contributed by atoms with Gasteiger partial charge in [-0.1, -0.05) is 71.9 Å². The van der Waals surface area contributed by atoms with Gasteiger partial charge >= 0.3 is 5.97 Å². The second-order valence-electron chi connectivity index (χ2n) is 4.95. The topological polar surface area (TPSA) is 38.7 Å². The van der Waals surface area contributed by atoms with Gasteiger partial charge in [0.2, 0.25) is 0 Å². The highest BCUT2D eigenvalue weighted by Crippen LogP contribution is 2.19. The molecule has 0 N–H and O–H groups in total. The SMILES string of the molecule is CC(=NOC(=O)c1cccc2ccccc12)c1ccccc1. The Hall–Kier alpha value is -2.94. The van der Waals surface area contributed by atoms with Crippen LogP contribution in [0.5, 0.6) is 0 Å². The summed E-state index contributed by atoms with van der Waals surface area (Å²) in [5.74, 6) is -0.452. The molecule has 0 unspecified atom stereocenters. The predicted octanol–water partition coefficient (Wildman–Crippen LogP) is 4.42. The molecule has 0 saturated carbocycles. The van der Waals surface area contributed by atoms with Gasteiger partial charge in [-0.2, -0.15) is 0 Å². The highest BCUT2D eigenvalue weighted by molar-refractivity contribution is 6.05. The van der Waals surface area contributed by atoms with E-state index in [4.69, 9.17) is 4.84 Å². The van der Waals surface area contributed by atoms with E-state index < -0.39 is 5.97 Å². The van der Waals surface area contributed by atoms with Crippen LogP contribution in [0.4, 0.5) is 0 Å². The summed E-state index contributed by atoms with van der Waals surface area (Å²) in [5, 5.41) is 5.81. The van der Waals surface area contributed by atoms with E-state index in [1.54, 1.807) is 6.07 Å². The van der Waals surface area contributed by atoms with Crippen molar-refractivity contribution in [3.8, 4) is 0 Å². The fourth-order valence-electron chi connectivity index (χ4n) is 2.29. The number of benzene rings is 3. The fourth-order valence-corrected chi connectivity index (χ4v) is 2.29. The molecule has 22 heavy (non-hydrogen) atoms. The Labute approximate surface area is 128 Å². The van der Waals surface area contributed by atoms with E-state index in [-0.39, 0.29) is 0 Å². The quantitative estimate of drug-likeness (QED) is 0.406. The summed E-state index contributed by atoms with van der Waals surface area (Å²) in [4.78, 5) is 17.4. The largest absolute Gasteiger partial charge is 0.366 e. The first-order valence-electron chi connectivity index (χ1n) is 7.05. The molecule has 0 atom stereocenters. The molecule has 0 aromatic heterocycles. The van der Waals surface area contributed by atoms with Crippen LogP contribution < -0.4 is 0 Å². The molecule has 0 amide bonds. The van der Waals surface area contributed by atoms with Gasteiger partial charge in [-0.05, 0) is 29.3 Å². The molecule has 3 aromatic rings. The van der Waals surface area contributed by atoms with Crippen molar-refractivity contribution in [3.05, 3.63) is 83.9 Å². The van der Waals surface area contributed by atoms with Crippen LogP contribution in [-0.2, 0) is 4.84 Å². The maximum Gasteiger partial charge on any atom is 0.366 e. The van der Waals surface area contributed by atoms with Crippen molar-refractivity contribution in [3.63, 3.8) is 0 Å². The molecule has 3 nitrogen and oxygen atoms in total. The lowest BCUT2D eigenvalue weighted by Gasteiger charge is -2.04. The standard InChI is InChI=1S/C19H15NO2/c1-14(15-8-3-2-4-9-15)20-22-19(21)18-13-7-11-16-10-5-6-12-17(16)18/h2-13H,1H3. The van der Waals surface area contributed by atoms with Gasteiger partial charge in [0.05, 0.1) is 11.3 Å². The van der Waals surface area contributed by atoms with Gasteiger partial charge in [-0.25, -0.2) is 4.79 Å². The van der Waals surface area contributed by atoms with Crippen molar-refractivity contribution in [1.29, 1.82) is 0 Å². The molecule has 108 valence electrons. The summed E-state index contributed by atoms with van der Waals surface area (Å²) in [6.45, 7) is 1.81. The summed E-state index contributed by atoms with van der Waals surface area (Å²) in [6.07, 6.45) is 0. The number of rotatable bonds is 3. The molecule has 3 aromatic carbocycles. The predicted molar refractivity (Wildman–Crippen MR) is 88.0 cm³/mol. The summed E-state index contributed by atoms with van der Waals surface area (Å²) >= 11 is 0. The van der Waals surface area contributed by atoms with Gasteiger partial charge in [0.25, 0.3) is 0 Å². The normalized spacial score (nSPS) is 11.4. The van der Waals surface area contributed by atoms with Crippen LogP contribution in [-0.4, -0.2) is 11.7 Å². The molecule has 0 saturated heterocycles. The van der Waals surface area contributed by atoms with Crippen LogP contribution in [0, 0.1) is 0 Å². The van der Waals surface area contributed by atoms with E-state index in [1.165, 1.54) is 0 Å². The Kier molecular flexibility index (Phi) is 3.97. The molecular weight excluding hydrogens is 274 g/mol. The molecule has 0 aliphatic carbocycles. The number of carbonyl (C=O) groups excluding carboxylic acids is 1. The minimum Gasteiger partial charge on any atom is -0.313 e. The van der Waals surface area contributed by atoms with Crippen LogP contribution in [0.25, 0.3) is 10.8 Å². The third kappa shape index (κ3) is 2.88. The van der Waals surface area contributed by atoms with Gasteiger partial charge in [0, 0.05) is 0 Å². The molecule has 0 aliphatic heterocycles. The van der Waals surface area contributed by atoms with Gasteiger partial charge in [-0.3, -0.25) is 0 Å². The van der Waals surface area contributed by atoms with E-state index in [2.05, 4.69) is 5.16 Å². The van der Waals surface area contributed by atoms with Crippen LogP contribution in [0.1, 0.15) is 22.8 Å². The molecule has 3 rings (SSSR count). The first-order valence-corrected chi connectivity index (χ1v) is 7.05. The van der Waals surface area contributed by atoms with E-state index in [9.17, 15) is 4.79 Å². The van der Waals surface area contributed by atoms with E-state index in [0.717, 1.165) is 16.3 Å². The van der Waals surface area contributed by atoms with E-state index >= 15 is 0 Å². The second-order valence-corrected chi connectivity index (χ2v) is 4.95. The zero-order chi connectivity index (χ0) is 15.4. The molecular formula is C19H15NO2. The average Bonchev–Trinajstić information content (AvgIpc) is 2.59. The fraction of sp³-hybridized carbons (Fsp3) is 0.0526. The Morgan fingerprint density at radius 3 is 2.36 bits per heavy atom. The Morgan fingerprint density at radius 1 is 0.864 bits per heavy atom. The Bertz CT molecular complexity index is 833. The van der Waals surface area contributed by atoms with Crippen LogP contribution in [0.15, 0.2) is 78.0 Å². The van der Waals surface area contributed by atoms with Crippen molar-refractivity contribution >= 4 is 22.5 Å². The van der Waals surface area contributed by atoms with Crippen LogP contribution in [0.3, 0.4) is 0 Å². The van der Waals surface area contributed by atoms with Crippen molar-refractivity contribution in [2.24, 2.45) is 5.16 Å². The maximum atomic E-state index is 12.3. The van der Waals surface area contributed by atoms with Crippen molar-refractivity contribution in [2.75, 3.05) is 0 Å². The van der Waals surface area contributed by atoms with E-state index in [0.29, 0.717) is 11.3 Å². The highest BCUT2D eigenvalue weighted by Gasteiger charge is 2.11. The maximum absolute atomic E-state index is 12.3. The Morgan fingerprint density at radius 2 is 1.55 bits per heavy atom. The number of hydrogen-bond acceptors (Lipinski definition) is 3. The molecule has 0 heterocycles. The first kappa shape index (κ1) is 14.0. The monoisotopic (exact) mass is 289 g/mol. The van der Waals surface area contributed by atoms with Gasteiger partial charge in [0.1, 0.15) is 0 Å². The van der Waals surface area contributed by atoms with Crippen molar-refractivity contribution < 1.29 is 9.63 Å². The van der Waals surface area contributed by atoms with E-state index in [1.807, 2.05) is 73.7 Å². The molecule has 0 bridgehead atoms. The zero-order valence-electron chi connectivity index (χ0n) is 12.2. The molecule has 3 heteroatoms. The zero-order valence-corrected chi connectivity index (χ0v) is 12.2. The average molecular weight is 289 g/mol. The van der Waals surface area contributed by atoms with Crippen LogP contribution in [0.2, 0.25) is 0 Å². The lowest BCUT2D eigenvalue weighted by molar-refractivity contribution is 0.0519. The van der Waals surface area contributed by atoms with Crippen molar-refractivity contribution in [1.82, 2.24) is 0 Å². The molecule has 0 radical (unpaired) electrons. The van der Waals surface area contributed by atoms with Gasteiger partial charge < -0.3 is 4.84 Å². The summed E-state index contributed by atoms with van der Waals surface area (Å²) in [5.41, 5.74) is 2.10. The minimum atomic E-state index is -0.452. The summed E-state index contributed by atoms with van der Waals surface area (Å²) in [6, 6.07) is 22.9. The van der Waals surface area contributed by atoms with Gasteiger partial charge in [-0.15, -0.1) is 0 Å². The van der Waals surface area contributed by atoms with Crippen LogP contribution >= 0.6 is 0 Å². The number of hydrogen-bond donors (Lipinski definition) is 0.